The lowest BCUT2D eigenvalue weighted by molar-refractivity contribution is -0.131. The molecule has 0 saturated carbocycles. The van der Waals surface area contributed by atoms with Crippen LogP contribution in [0, 0.1) is 6.92 Å². The Morgan fingerprint density at radius 2 is 2.32 bits per heavy atom. The van der Waals surface area contributed by atoms with Crippen molar-refractivity contribution in [2.75, 3.05) is 39.8 Å². The van der Waals surface area contributed by atoms with Crippen LogP contribution in [0.25, 0.3) is 0 Å². The Morgan fingerprint density at radius 3 is 3.05 bits per heavy atom. The molecule has 0 atom stereocenters. The van der Waals surface area contributed by atoms with Crippen molar-refractivity contribution < 1.29 is 9.21 Å². The summed E-state index contributed by atoms with van der Waals surface area (Å²) in [6.07, 6.45) is 2.78. The Morgan fingerprint density at radius 1 is 1.47 bits per heavy atom. The monoisotopic (exact) mass is 265 g/mol. The number of carbonyl (C=O) groups excluding carboxylic acids is 1. The molecule has 0 radical (unpaired) electrons. The number of rotatable bonds is 4. The highest BCUT2D eigenvalue weighted by Crippen LogP contribution is 2.11. The van der Waals surface area contributed by atoms with Crippen LogP contribution in [0.4, 0.5) is 0 Å². The van der Waals surface area contributed by atoms with Crippen LogP contribution < -0.4 is 5.32 Å². The first-order valence-corrected chi connectivity index (χ1v) is 6.87. The smallest absolute Gasteiger partial charge is 0.236 e. The van der Waals surface area contributed by atoms with E-state index in [1.165, 1.54) is 0 Å². The Hall–Kier alpha value is -1.33. The van der Waals surface area contributed by atoms with E-state index in [0.29, 0.717) is 13.1 Å². The first-order valence-electron chi connectivity index (χ1n) is 6.87. The van der Waals surface area contributed by atoms with Crippen LogP contribution in [-0.2, 0) is 11.3 Å². The fraction of sp³-hybridized carbons (Fsp3) is 0.643. The molecule has 1 amide bonds. The van der Waals surface area contributed by atoms with E-state index in [2.05, 4.69) is 10.2 Å². The zero-order valence-corrected chi connectivity index (χ0v) is 11.8. The number of nitrogens with one attached hydrogen (secondary N) is 1. The van der Waals surface area contributed by atoms with Gasteiger partial charge in [-0.15, -0.1) is 0 Å². The van der Waals surface area contributed by atoms with Gasteiger partial charge in [-0.3, -0.25) is 9.69 Å². The van der Waals surface area contributed by atoms with Crippen molar-refractivity contribution in [2.24, 2.45) is 0 Å². The molecule has 19 heavy (non-hydrogen) atoms. The van der Waals surface area contributed by atoms with Gasteiger partial charge in [0.25, 0.3) is 0 Å². The molecule has 1 saturated heterocycles. The minimum atomic E-state index is 0.169. The fourth-order valence-electron chi connectivity index (χ4n) is 2.29. The molecule has 0 bridgehead atoms. The molecule has 1 fully saturated rings. The third kappa shape index (κ3) is 4.08. The molecule has 2 rings (SSSR count). The van der Waals surface area contributed by atoms with E-state index in [0.717, 1.165) is 43.9 Å². The number of likely N-dealkylation sites (N-methyl/N-ethyl adjacent to an activating group) is 1. The number of hydrogen-bond acceptors (Lipinski definition) is 4. The summed E-state index contributed by atoms with van der Waals surface area (Å²) in [5.41, 5.74) is 1.08. The lowest BCUT2D eigenvalue weighted by atomic mass is 10.2. The Kier molecular flexibility index (Phi) is 4.99. The van der Waals surface area contributed by atoms with Gasteiger partial charge in [-0.05, 0) is 32.5 Å². The number of hydrogen-bond donors (Lipinski definition) is 1. The van der Waals surface area contributed by atoms with Crippen LogP contribution in [0.5, 0.6) is 0 Å². The van der Waals surface area contributed by atoms with Crippen LogP contribution in [-0.4, -0.2) is 55.5 Å². The van der Waals surface area contributed by atoms with Crippen molar-refractivity contribution in [3.63, 3.8) is 0 Å². The number of nitrogens with zero attached hydrogens (tertiary/aromatic N) is 2. The van der Waals surface area contributed by atoms with Crippen LogP contribution in [0.15, 0.2) is 16.7 Å². The summed E-state index contributed by atoms with van der Waals surface area (Å²) in [7, 11) is 1.85. The van der Waals surface area contributed by atoms with E-state index < -0.39 is 0 Å². The van der Waals surface area contributed by atoms with Crippen molar-refractivity contribution in [1.82, 2.24) is 15.1 Å². The number of amides is 1. The normalized spacial score (nSPS) is 17.2. The van der Waals surface area contributed by atoms with Crippen molar-refractivity contribution in [3.05, 3.63) is 23.7 Å². The predicted octanol–water partition coefficient (Wildman–Crippen LogP) is 0.842. The quantitative estimate of drug-likeness (QED) is 0.876. The molecular weight excluding hydrogens is 242 g/mol. The van der Waals surface area contributed by atoms with E-state index in [-0.39, 0.29) is 5.91 Å². The van der Waals surface area contributed by atoms with Gasteiger partial charge in [0.05, 0.1) is 12.8 Å². The van der Waals surface area contributed by atoms with Crippen molar-refractivity contribution in [3.8, 4) is 0 Å². The molecule has 0 spiro atoms. The third-order valence-electron chi connectivity index (χ3n) is 3.59. The van der Waals surface area contributed by atoms with Gasteiger partial charge < -0.3 is 14.6 Å². The maximum absolute atomic E-state index is 12.2. The topological polar surface area (TPSA) is 48.7 Å². The molecule has 0 unspecified atom stereocenters. The summed E-state index contributed by atoms with van der Waals surface area (Å²) < 4.78 is 5.25. The van der Waals surface area contributed by atoms with Gasteiger partial charge in [-0.25, -0.2) is 0 Å². The van der Waals surface area contributed by atoms with Gasteiger partial charge in [0.1, 0.15) is 5.76 Å². The molecule has 1 aliphatic rings. The highest BCUT2D eigenvalue weighted by molar-refractivity contribution is 5.78. The van der Waals surface area contributed by atoms with Crippen molar-refractivity contribution in [1.29, 1.82) is 0 Å². The predicted molar refractivity (Wildman–Crippen MR) is 73.8 cm³/mol. The van der Waals surface area contributed by atoms with Gasteiger partial charge in [0.2, 0.25) is 5.91 Å². The second-order valence-corrected chi connectivity index (χ2v) is 5.13. The molecule has 0 aliphatic carbocycles. The van der Waals surface area contributed by atoms with Crippen molar-refractivity contribution >= 4 is 5.91 Å². The molecular formula is C14H23N3O2. The van der Waals surface area contributed by atoms with Crippen molar-refractivity contribution in [2.45, 2.75) is 19.9 Å². The molecule has 1 aliphatic heterocycles. The summed E-state index contributed by atoms with van der Waals surface area (Å²) in [6, 6.07) is 1.93. The molecule has 1 aromatic heterocycles. The minimum absolute atomic E-state index is 0.169. The average Bonchev–Trinajstić information content (AvgIpc) is 2.65. The first kappa shape index (κ1) is 14.1. The van der Waals surface area contributed by atoms with E-state index in [1.54, 1.807) is 11.2 Å². The van der Waals surface area contributed by atoms with Gasteiger partial charge >= 0.3 is 0 Å². The lowest BCUT2D eigenvalue weighted by Crippen LogP contribution is -2.39. The summed E-state index contributed by atoms with van der Waals surface area (Å²) in [5, 5.41) is 3.34. The van der Waals surface area contributed by atoms with Gasteiger partial charge in [-0.1, -0.05) is 0 Å². The molecule has 0 aromatic carbocycles. The molecule has 1 N–H and O–H groups in total. The van der Waals surface area contributed by atoms with Gasteiger partial charge in [0, 0.05) is 32.2 Å². The molecule has 1 aromatic rings. The summed E-state index contributed by atoms with van der Waals surface area (Å²) in [6.45, 7) is 7.02. The maximum atomic E-state index is 12.2. The Balaban J connectivity index is 1.83. The zero-order valence-electron chi connectivity index (χ0n) is 11.8. The third-order valence-corrected chi connectivity index (χ3v) is 3.59. The van der Waals surface area contributed by atoms with Crippen LogP contribution in [0.3, 0.4) is 0 Å². The zero-order chi connectivity index (χ0) is 13.7. The molecule has 5 nitrogen and oxygen atoms in total. The number of furan rings is 1. The van der Waals surface area contributed by atoms with Gasteiger partial charge in [0.15, 0.2) is 0 Å². The SMILES string of the molecule is Cc1occc1CN(C)C(=O)CN1CCCNCC1. The highest BCUT2D eigenvalue weighted by Gasteiger charge is 2.16. The minimum Gasteiger partial charge on any atom is -0.469 e. The fourth-order valence-corrected chi connectivity index (χ4v) is 2.29. The van der Waals surface area contributed by atoms with Crippen LogP contribution >= 0.6 is 0 Å². The van der Waals surface area contributed by atoms with E-state index in [1.807, 2.05) is 20.0 Å². The maximum Gasteiger partial charge on any atom is 0.236 e. The number of aryl methyl sites for hydroxylation is 1. The van der Waals surface area contributed by atoms with E-state index in [4.69, 9.17) is 4.42 Å². The second kappa shape index (κ2) is 6.73. The average molecular weight is 265 g/mol. The Labute approximate surface area is 114 Å². The molecule has 106 valence electrons. The molecule has 5 heteroatoms. The second-order valence-electron chi connectivity index (χ2n) is 5.13. The standard InChI is InChI=1S/C14H23N3O2/c1-12-13(4-9-19-12)10-16(2)14(18)11-17-7-3-5-15-6-8-17/h4,9,15H,3,5-8,10-11H2,1-2H3. The lowest BCUT2D eigenvalue weighted by Gasteiger charge is -2.23. The van der Waals surface area contributed by atoms with E-state index in [9.17, 15) is 4.79 Å². The van der Waals surface area contributed by atoms with Crippen LogP contribution in [0.1, 0.15) is 17.7 Å². The molecule has 2 heterocycles. The highest BCUT2D eigenvalue weighted by atomic mass is 16.3. The van der Waals surface area contributed by atoms with E-state index >= 15 is 0 Å². The largest absolute Gasteiger partial charge is 0.469 e. The number of carbonyl (C=O) groups is 1. The summed E-state index contributed by atoms with van der Waals surface area (Å²) >= 11 is 0. The first-order chi connectivity index (χ1) is 9.16. The van der Waals surface area contributed by atoms with Crippen LogP contribution in [0.2, 0.25) is 0 Å². The Bertz CT molecular complexity index is 409. The van der Waals surface area contributed by atoms with Gasteiger partial charge in [-0.2, -0.15) is 0 Å². The summed E-state index contributed by atoms with van der Waals surface area (Å²) in [5.74, 6) is 1.06. The summed E-state index contributed by atoms with van der Waals surface area (Å²) in [4.78, 5) is 16.2.